The van der Waals surface area contributed by atoms with Gasteiger partial charge in [-0.2, -0.15) is 0 Å². The molecular formula is C68H119N2O7P. The molecular weight excluding hydrogens is 988 g/mol. The van der Waals surface area contributed by atoms with Crippen LogP contribution in [-0.2, 0) is 27.9 Å². The van der Waals surface area contributed by atoms with Crippen LogP contribution in [0.4, 0.5) is 0 Å². The number of ether oxygens (including phenoxy) is 1. The van der Waals surface area contributed by atoms with E-state index in [-0.39, 0.29) is 24.9 Å². The number of allylic oxidation sites excluding steroid dienone is 17. The minimum atomic E-state index is -4.71. The van der Waals surface area contributed by atoms with Crippen molar-refractivity contribution in [2.75, 3.05) is 40.9 Å². The van der Waals surface area contributed by atoms with Crippen LogP contribution >= 0.6 is 7.82 Å². The quantitative estimate of drug-likeness (QED) is 0.0212. The number of phosphoric ester groups is 1. The van der Waals surface area contributed by atoms with Crippen molar-refractivity contribution in [1.82, 2.24) is 5.32 Å². The summed E-state index contributed by atoms with van der Waals surface area (Å²) in [6, 6.07) is -0.907. The average Bonchev–Trinajstić information content (AvgIpc) is 3.40. The Balaban J connectivity index is 5.28. The molecule has 0 aliphatic carbocycles. The summed E-state index contributed by atoms with van der Waals surface area (Å²) in [5, 5.41) is 3.02. The number of nitrogens with one attached hydrogen (secondary N) is 1. The second-order valence-corrected chi connectivity index (χ2v) is 23.6. The maximum Gasteiger partial charge on any atom is 0.306 e. The summed E-state index contributed by atoms with van der Waals surface area (Å²) >= 11 is 0. The van der Waals surface area contributed by atoms with Crippen molar-refractivity contribution in [1.29, 1.82) is 0 Å². The molecule has 0 saturated carbocycles. The molecule has 0 bridgehead atoms. The van der Waals surface area contributed by atoms with Crippen LogP contribution < -0.4 is 10.2 Å². The molecule has 0 aromatic rings. The lowest BCUT2D eigenvalue weighted by Crippen LogP contribution is -2.47. The van der Waals surface area contributed by atoms with E-state index in [2.05, 4.69) is 123 Å². The highest BCUT2D eigenvalue weighted by Gasteiger charge is 2.27. The molecule has 3 unspecified atom stereocenters. The zero-order chi connectivity index (χ0) is 57.2. The molecule has 0 aromatic heterocycles. The molecule has 1 amide bonds. The van der Waals surface area contributed by atoms with E-state index in [9.17, 15) is 19.0 Å². The molecule has 0 heterocycles. The molecule has 10 heteroatoms. The average molecular weight is 1110 g/mol. The van der Waals surface area contributed by atoms with E-state index < -0.39 is 26.6 Å². The Labute approximate surface area is 481 Å². The van der Waals surface area contributed by atoms with Gasteiger partial charge in [0.15, 0.2) is 0 Å². The van der Waals surface area contributed by atoms with Gasteiger partial charge in [-0.15, -0.1) is 0 Å². The Morgan fingerprint density at radius 3 is 1.23 bits per heavy atom. The lowest BCUT2D eigenvalue weighted by atomic mass is 10.0. The molecule has 0 rings (SSSR count). The minimum Gasteiger partial charge on any atom is -0.756 e. The largest absolute Gasteiger partial charge is 0.756 e. The van der Waals surface area contributed by atoms with Crippen LogP contribution in [0.5, 0.6) is 0 Å². The third-order valence-corrected chi connectivity index (χ3v) is 14.4. The first kappa shape index (κ1) is 74.7. The number of hydrogen-bond acceptors (Lipinski definition) is 7. The van der Waals surface area contributed by atoms with Crippen LogP contribution in [-0.4, -0.2) is 69.4 Å². The second-order valence-electron chi connectivity index (χ2n) is 22.1. The number of hydrogen-bond donors (Lipinski definition) is 1. The second kappa shape index (κ2) is 56.9. The predicted molar refractivity (Wildman–Crippen MR) is 334 cm³/mol. The van der Waals surface area contributed by atoms with Gasteiger partial charge in [0.2, 0.25) is 5.91 Å². The number of likely N-dealkylation sites (N-methyl/N-ethyl adjacent to an activating group) is 1. The van der Waals surface area contributed by atoms with Gasteiger partial charge in [-0.25, -0.2) is 0 Å². The van der Waals surface area contributed by atoms with Gasteiger partial charge in [-0.1, -0.05) is 246 Å². The van der Waals surface area contributed by atoms with Crippen molar-refractivity contribution in [3.8, 4) is 0 Å². The van der Waals surface area contributed by atoms with Crippen molar-refractivity contribution >= 4 is 19.7 Å². The van der Waals surface area contributed by atoms with E-state index in [1.807, 2.05) is 33.3 Å². The predicted octanol–water partition coefficient (Wildman–Crippen LogP) is 19.1. The van der Waals surface area contributed by atoms with E-state index in [1.165, 1.54) is 77.0 Å². The fourth-order valence-corrected chi connectivity index (χ4v) is 9.34. The van der Waals surface area contributed by atoms with E-state index in [0.29, 0.717) is 23.9 Å². The van der Waals surface area contributed by atoms with Crippen LogP contribution in [0.2, 0.25) is 0 Å². The highest BCUT2D eigenvalue weighted by Crippen LogP contribution is 2.38. The number of esters is 1. The van der Waals surface area contributed by atoms with E-state index in [4.69, 9.17) is 13.8 Å². The van der Waals surface area contributed by atoms with Gasteiger partial charge in [0.25, 0.3) is 7.82 Å². The number of nitrogens with zero attached hydrogens (tertiary/aromatic N) is 1. The first-order chi connectivity index (χ1) is 37.9. The summed E-state index contributed by atoms with van der Waals surface area (Å²) in [5.41, 5.74) is 0. The summed E-state index contributed by atoms with van der Waals surface area (Å²) in [6.07, 6.45) is 77.6. The zero-order valence-electron chi connectivity index (χ0n) is 51.1. The third-order valence-electron chi connectivity index (χ3n) is 13.4. The highest BCUT2D eigenvalue weighted by atomic mass is 31.2. The molecule has 0 spiro atoms. The van der Waals surface area contributed by atoms with Gasteiger partial charge in [0.1, 0.15) is 19.3 Å². The van der Waals surface area contributed by atoms with E-state index in [1.54, 1.807) is 0 Å². The van der Waals surface area contributed by atoms with Crippen LogP contribution in [0.15, 0.2) is 109 Å². The van der Waals surface area contributed by atoms with E-state index in [0.717, 1.165) is 141 Å². The summed E-state index contributed by atoms with van der Waals surface area (Å²) in [4.78, 5) is 40.0. The first-order valence-corrected chi connectivity index (χ1v) is 33.2. The standard InChI is InChI=1S/C68H119N2O7P/c1-7-10-13-16-19-22-25-28-30-32-33-34-35-36-37-38-40-43-46-49-52-55-58-61-68(72)77-66(59-56-53-50-47-44-41-27-24-21-18-15-12-9-3)65(64-76-78(73,74)75-63-62-70(4,5)6)69-67(71)60-57-54-51-48-45-42-39-31-29-26-23-20-17-14-11-8-2/h10-11,13-14,19-20,22-23,28-31,33-34,36-37,56,59,65-66H,7-9,12,15-18,21,24-27,32,35,38-55,57-58,60-64H2,1-6H3,(H-,69,71,73,74)/b13-10-,14-11+,22-19-,23-20+,30-28-,31-29+,34-33-,37-36-,59-56-. The normalized spacial score (nSPS) is 14.4. The third kappa shape index (κ3) is 57.4. The summed E-state index contributed by atoms with van der Waals surface area (Å²) in [6.45, 7) is 6.60. The van der Waals surface area contributed by atoms with Crippen molar-refractivity contribution in [2.45, 2.75) is 270 Å². The van der Waals surface area contributed by atoms with Gasteiger partial charge >= 0.3 is 5.97 Å². The molecule has 9 nitrogen and oxygen atoms in total. The Bertz CT molecular complexity index is 1700. The Morgan fingerprint density at radius 2 is 0.821 bits per heavy atom. The Morgan fingerprint density at radius 1 is 0.462 bits per heavy atom. The highest BCUT2D eigenvalue weighted by molar-refractivity contribution is 7.45. The molecule has 0 fully saturated rings. The summed E-state index contributed by atoms with van der Waals surface area (Å²) < 4.78 is 30.3. The lowest BCUT2D eigenvalue weighted by molar-refractivity contribution is -0.870. The SMILES string of the molecule is CC/C=C\C/C=C\C/C=C\C/C=C\C/C=C\CCCCCCCCCC(=O)OC(/C=C\CCCCCCCCCCCCC)C(COP(=O)([O-])OCC[N+](C)(C)C)NC(=O)CCCCCCCC/C=C/C/C=C/C/C=C/CC. The topological polar surface area (TPSA) is 114 Å². The van der Waals surface area contributed by atoms with E-state index >= 15 is 0 Å². The minimum absolute atomic E-state index is 0.0323. The summed E-state index contributed by atoms with van der Waals surface area (Å²) in [7, 11) is 1.15. The Hall–Kier alpha value is -3.33. The number of quaternary nitrogens is 1. The molecule has 448 valence electrons. The molecule has 0 saturated heterocycles. The molecule has 1 N–H and O–H groups in total. The molecule has 0 radical (unpaired) electrons. The Kier molecular flexibility index (Phi) is 54.5. The van der Waals surface area contributed by atoms with Crippen LogP contribution in [0, 0.1) is 0 Å². The molecule has 0 aromatic carbocycles. The van der Waals surface area contributed by atoms with Gasteiger partial charge in [0.05, 0.1) is 33.8 Å². The summed E-state index contributed by atoms with van der Waals surface area (Å²) in [5.74, 6) is -0.573. The number of rotatable bonds is 56. The smallest absolute Gasteiger partial charge is 0.306 e. The van der Waals surface area contributed by atoms with Crippen LogP contribution in [0.1, 0.15) is 258 Å². The number of phosphoric acid groups is 1. The van der Waals surface area contributed by atoms with Gasteiger partial charge in [0, 0.05) is 12.8 Å². The van der Waals surface area contributed by atoms with Crippen LogP contribution in [0.25, 0.3) is 0 Å². The van der Waals surface area contributed by atoms with Crippen molar-refractivity contribution < 1.29 is 37.3 Å². The maximum absolute atomic E-state index is 13.5. The van der Waals surface area contributed by atoms with Gasteiger partial charge < -0.3 is 28.5 Å². The molecule has 0 aliphatic rings. The molecule has 0 aliphatic heterocycles. The zero-order valence-corrected chi connectivity index (χ0v) is 52.0. The molecule has 78 heavy (non-hydrogen) atoms. The molecule has 3 atom stereocenters. The number of amides is 1. The van der Waals surface area contributed by atoms with Crippen molar-refractivity contribution in [3.63, 3.8) is 0 Å². The number of unbranched alkanes of at least 4 members (excludes halogenated alkanes) is 24. The number of carbonyl (C=O) groups is 2. The van der Waals surface area contributed by atoms with Crippen molar-refractivity contribution in [2.24, 2.45) is 0 Å². The fourth-order valence-electron chi connectivity index (χ4n) is 8.62. The number of carbonyl (C=O) groups excluding carboxylic acids is 2. The van der Waals surface area contributed by atoms with Gasteiger partial charge in [-0.05, 0) is 109 Å². The van der Waals surface area contributed by atoms with Crippen molar-refractivity contribution in [3.05, 3.63) is 109 Å². The monoisotopic (exact) mass is 1110 g/mol. The fraction of sp³-hybridized carbons (Fsp3) is 0.706. The maximum atomic E-state index is 13.5. The van der Waals surface area contributed by atoms with Crippen LogP contribution in [0.3, 0.4) is 0 Å². The van der Waals surface area contributed by atoms with Gasteiger partial charge in [-0.3, -0.25) is 14.2 Å². The lowest BCUT2D eigenvalue weighted by Gasteiger charge is -2.30. The first-order valence-electron chi connectivity index (χ1n) is 31.7.